The largest absolute Gasteiger partial charge is 0.368 e. The smallest absolute Gasteiger partial charge is 0.322 e. The number of nitrogens with two attached hydrogens (primary N) is 1. The Morgan fingerprint density at radius 1 is 1.69 bits per heavy atom. The molecule has 16 heavy (non-hydrogen) atoms. The zero-order valence-electron chi connectivity index (χ0n) is 8.80. The summed E-state index contributed by atoms with van der Waals surface area (Å²) in [6, 6.07) is 2.56. The maximum atomic E-state index is 11.6. The van der Waals surface area contributed by atoms with E-state index in [4.69, 9.17) is 5.73 Å². The SMILES string of the molecule is Cc1cc(N2CC(C(N)=O)NC2=O)ccn1. The first kappa shape index (κ1) is 10.4. The Balaban J connectivity index is 2.23. The average Bonchev–Trinajstić information content (AvgIpc) is 2.60. The summed E-state index contributed by atoms with van der Waals surface area (Å²) < 4.78 is 0. The molecule has 84 valence electrons. The first-order valence-electron chi connectivity index (χ1n) is 4.88. The van der Waals surface area contributed by atoms with E-state index >= 15 is 0 Å². The van der Waals surface area contributed by atoms with E-state index in [1.165, 1.54) is 4.90 Å². The van der Waals surface area contributed by atoms with E-state index in [1.54, 1.807) is 18.3 Å². The van der Waals surface area contributed by atoms with Gasteiger partial charge in [-0.3, -0.25) is 14.7 Å². The van der Waals surface area contributed by atoms with Crippen molar-refractivity contribution in [1.82, 2.24) is 10.3 Å². The molecule has 6 nitrogen and oxygen atoms in total. The number of carbonyl (C=O) groups excluding carboxylic acids is 2. The lowest BCUT2D eigenvalue weighted by Crippen LogP contribution is -2.39. The number of nitrogens with zero attached hydrogens (tertiary/aromatic N) is 2. The molecule has 3 N–H and O–H groups in total. The molecule has 1 unspecified atom stereocenters. The number of hydrogen-bond acceptors (Lipinski definition) is 3. The van der Waals surface area contributed by atoms with Crippen molar-refractivity contribution in [3.05, 3.63) is 24.0 Å². The normalized spacial score (nSPS) is 19.7. The van der Waals surface area contributed by atoms with Crippen LogP contribution in [-0.2, 0) is 4.79 Å². The van der Waals surface area contributed by atoms with Crippen molar-refractivity contribution >= 4 is 17.6 Å². The highest BCUT2D eigenvalue weighted by Crippen LogP contribution is 2.18. The molecule has 6 heteroatoms. The molecule has 0 saturated carbocycles. The second-order valence-electron chi connectivity index (χ2n) is 3.67. The minimum Gasteiger partial charge on any atom is -0.368 e. The van der Waals surface area contributed by atoms with E-state index in [9.17, 15) is 9.59 Å². The van der Waals surface area contributed by atoms with Crippen molar-refractivity contribution in [3.63, 3.8) is 0 Å². The fraction of sp³-hybridized carbons (Fsp3) is 0.300. The van der Waals surface area contributed by atoms with E-state index in [0.29, 0.717) is 5.69 Å². The van der Waals surface area contributed by atoms with Crippen molar-refractivity contribution in [1.29, 1.82) is 0 Å². The van der Waals surface area contributed by atoms with Gasteiger partial charge in [-0.15, -0.1) is 0 Å². The van der Waals surface area contributed by atoms with Crippen molar-refractivity contribution in [2.45, 2.75) is 13.0 Å². The number of hydrogen-bond donors (Lipinski definition) is 2. The first-order valence-corrected chi connectivity index (χ1v) is 4.88. The fourth-order valence-electron chi connectivity index (χ4n) is 1.62. The minimum absolute atomic E-state index is 0.262. The lowest BCUT2D eigenvalue weighted by molar-refractivity contribution is -0.119. The molecule has 1 aromatic heterocycles. The van der Waals surface area contributed by atoms with Crippen LogP contribution < -0.4 is 16.0 Å². The van der Waals surface area contributed by atoms with E-state index in [2.05, 4.69) is 10.3 Å². The zero-order valence-corrected chi connectivity index (χ0v) is 8.80. The number of primary amides is 1. The van der Waals surface area contributed by atoms with E-state index in [1.807, 2.05) is 6.92 Å². The van der Waals surface area contributed by atoms with Gasteiger partial charge in [-0.1, -0.05) is 0 Å². The van der Waals surface area contributed by atoms with Crippen LogP contribution >= 0.6 is 0 Å². The van der Waals surface area contributed by atoms with Crippen LogP contribution in [0.5, 0.6) is 0 Å². The number of amides is 3. The molecule has 1 saturated heterocycles. The number of aromatic nitrogens is 1. The third-order valence-corrected chi connectivity index (χ3v) is 2.44. The molecule has 0 bridgehead atoms. The summed E-state index contributed by atoms with van der Waals surface area (Å²) in [5.41, 5.74) is 6.67. The van der Waals surface area contributed by atoms with Crippen LogP contribution in [-0.4, -0.2) is 29.5 Å². The molecule has 1 aliphatic heterocycles. The Morgan fingerprint density at radius 3 is 3.00 bits per heavy atom. The number of nitrogens with one attached hydrogen (secondary N) is 1. The van der Waals surface area contributed by atoms with E-state index in [0.717, 1.165) is 5.69 Å². The van der Waals surface area contributed by atoms with Gasteiger partial charge >= 0.3 is 6.03 Å². The average molecular weight is 220 g/mol. The third kappa shape index (κ3) is 1.81. The number of rotatable bonds is 2. The molecule has 3 amide bonds. The Kier molecular flexibility index (Phi) is 2.47. The monoisotopic (exact) mass is 220 g/mol. The summed E-state index contributed by atoms with van der Waals surface area (Å²) in [4.78, 5) is 28.1. The molecule has 2 rings (SSSR count). The van der Waals surface area contributed by atoms with Crippen molar-refractivity contribution in [2.24, 2.45) is 5.73 Å². The topological polar surface area (TPSA) is 88.3 Å². The van der Waals surface area contributed by atoms with Gasteiger partial charge in [-0.25, -0.2) is 4.79 Å². The Labute approximate surface area is 92.4 Å². The summed E-state index contributed by atoms with van der Waals surface area (Å²) >= 11 is 0. The third-order valence-electron chi connectivity index (χ3n) is 2.44. The summed E-state index contributed by atoms with van der Waals surface area (Å²) in [6.07, 6.45) is 1.62. The van der Waals surface area contributed by atoms with Crippen LogP contribution in [0, 0.1) is 6.92 Å². The van der Waals surface area contributed by atoms with Crippen molar-refractivity contribution in [2.75, 3.05) is 11.4 Å². The second-order valence-corrected chi connectivity index (χ2v) is 3.67. The summed E-state index contributed by atoms with van der Waals surface area (Å²) in [5.74, 6) is -0.526. The fourth-order valence-corrected chi connectivity index (χ4v) is 1.62. The van der Waals surface area contributed by atoms with Gasteiger partial charge in [-0.05, 0) is 19.1 Å². The molecule has 2 heterocycles. The molecule has 1 aliphatic rings. The second kappa shape index (κ2) is 3.80. The number of anilines is 1. The van der Waals surface area contributed by atoms with Crippen LogP contribution in [0.15, 0.2) is 18.3 Å². The predicted octanol–water partition coefficient (Wildman–Crippen LogP) is -0.226. The highest BCUT2D eigenvalue weighted by molar-refractivity contribution is 5.99. The van der Waals surface area contributed by atoms with Crippen molar-refractivity contribution in [3.8, 4) is 0 Å². The summed E-state index contributed by atoms with van der Waals surface area (Å²) in [7, 11) is 0. The molecule has 1 fully saturated rings. The Hall–Kier alpha value is -2.11. The highest BCUT2D eigenvalue weighted by atomic mass is 16.2. The lowest BCUT2D eigenvalue weighted by atomic mass is 10.2. The molecule has 1 atom stereocenters. The maximum absolute atomic E-state index is 11.6. The molecule has 0 spiro atoms. The van der Waals surface area contributed by atoms with Crippen LogP contribution in [0.3, 0.4) is 0 Å². The standard InChI is InChI=1S/C10H12N4O2/c1-6-4-7(2-3-12-6)14-5-8(9(11)15)13-10(14)16/h2-4,8H,5H2,1H3,(H2,11,15)(H,13,16). The number of carbonyl (C=O) groups is 2. The summed E-state index contributed by atoms with van der Waals surface area (Å²) in [6.45, 7) is 2.10. The van der Waals surface area contributed by atoms with Gasteiger partial charge in [0.25, 0.3) is 0 Å². The van der Waals surface area contributed by atoms with Crippen molar-refractivity contribution < 1.29 is 9.59 Å². The molecule has 1 aromatic rings. The molecule has 0 aliphatic carbocycles. The molecular weight excluding hydrogens is 208 g/mol. The quantitative estimate of drug-likeness (QED) is 0.721. The van der Waals surface area contributed by atoms with Gasteiger partial charge in [0, 0.05) is 17.6 Å². The summed E-state index contributed by atoms with van der Waals surface area (Å²) in [5, 5.41) is 2.51. The van der Waals surface area contributed by atoms with Gasteiger partial charge in [0.2, 0.25) is 5.91 Å². The molecule has 0 radical (unpaired) electrons. The van der Waals surface area contributed by atoms with Crippen LogP contribution in [0.1, 0.15) is 5.69 Å². The van der Waals surface area contributed by atoms with Gasteiger partial charge in [0.15, 0.2) is 0 Å². The van der Waals surface area contributed by atoms with Gasteiger partial charge in [0.1, 0.15) is 6.04 Å². The van der Waals surface area contributed by atoms with Crippen LogP contribution in [0.25, 0.3) is 0 Å². The number of pyridine rings is 1. The van der Waals surface area contributed by atoms with Crippen LogP contribution in [0.4, 0.5) is 10.5 Å². The first-order chi connectivity index (χ1) is 7.58. The van der Waals surface area contributed by atoms with E-state index < -0.39 is 11.9 Å². The Bertz CT molecular complexity index is 446. The number of aryl methyl sites for hydroxylation is 1. The highest BCUT2D eigenvalue weighted by Gasteiger charge is 2.32. The minimum atomic E-state index is -0.624. The van der Waals surface area contributed by atoms with E-state index in [-0.39, 0.29) is 12.6 Å². The maximum Gasteiger partial charge on any atom is 0.322 e. The number of urea groups is 1. The lowest BCUT2D eigenvalue weighted by Gasteiger charge is -2.14. The van der Waals surface area contributed by atoms with Gasteiger partial charge in [0.05, 0.1) is 6.54 Å². The molecule has 0 aromatic carbocycles. The molecular formula is C10H12N4O2. The predicted molar refractivity (Wildman–Crippen MR) is 57.8 cm³/mol. The van der Waals surface area contributed by atoms with Crippen LogP contribution in [0.2, 0.25) is 0 Å². The zero-order chi connectivity index (χ0) is 11.7. The van der Waals surface area contributed by atoms with Gasteiger partial charge in [-0.2, -0.15) is 0 Å². The Morgan fingerprint density at radius 2 is 2.44 bits per heavy atom. The van der Waals surface area contributed by atoms with Gasteiger partial charge < -0.3 is 11.1 Å².